The van der Waals surface area contributed by atoms with Crippen LogP contribution in [0.15, 0.2) is 36.4 Å². The van der Waals surface area contributed by atoms with Gasteiger partial charge in [-0.15, -0.1) is 0 Å². The Morgan fingerprint density at radius 3 is 2.32 bits per heavy atom. The third kappa shape index (κ3) is 7.02. The van der Waals surface area contributed by atoms with E-state index < -0.39 is 17.7 Å². The highest BCUT2D eigenvalue weighted by molar-refractivity contribution is 5.88. The van der Waals surface area contributed by atoms with Crippen LogP contribution in [0.5, 0.6) is 0 Å². The molecule has 3 heterocycles. The number of piperidine rings is 1. The van der Waals surface area contributed by atoms with Crippen molar-refractivity contribution >= 4 is 11.7 Å². The van der Waals surface area contributed by atoms with E-state index in [1.165, 1.54) is 27.8 Å². The zero-order valence-corrected chi connectivity index (χ0v) is 28.3. The number of pyridine rings is 1. The lowest BCUT2D eigenvalue weighted by molar-refractivity contribution is -0.160. The summed E-state index contributed by atoms with van der Waals surface area (Å²) in [6, 6.07) is 13.6. The molecule has 0 saturated carbocycles. The lowest BCUT2D eigenvalue weighted by atomic mass is 9.81. The minimum atomic E-state index is -1.11. The maximum absolute atomic E-state index is 12.8. The van der Waals surface area contributed by atoms with Crippen LogP contribution in [0.4, 0.5) is 5.69 Å². The van der Waals surface area contributed by atoms with Crippen LogP contribution in [0.25, 0.3) is 11.1 Å². The number of aliphatic carboxylic acids is 1. The molecule has 1 fully saturated rings. The Hall–Kier alpha value is -3.22. The molecule has 6 nitrogen and oxygen atoms in total. The molecule has 0 bridgehead atoms. The molecule has 0 spiro atoms. The molecule has 2 aliphatic rings. The van der Waals surface area contributed by atoms with E-state index in [0.717, 1.165) is 80.2 Å². The van der Waals surface area contributed by atoms with Gasteiger partial charge in [-0.1, -0.05) is 55.8 Å². The number of aryl methyl sites for hydroxylation is 4. The van der Waals surface area contributed by atoms with Gasteiger partial charge >= 0.3 is 5.97 Å². The van der Waals surface area contributed by atoms with Gasteiger partial charge in [0.1, 0.15) is 0 Å². The van der Waals surface area contributed by atoms with Crippen molar-refractivity contribution < 1.29 is 14.6 Å². The standard InChI is InChI=1S/C38H51N3O3/c1-24-10-11-30(25(2)20-24)22-40-17-14-28-21-29(12-13-31(28)23-40)32-26(3)39-27(4)33(35(36(42)43)44-37(5,6)7)34(32)41-18-15-38(8,9)16-19-41/h10-13,20-21,35H,14-19,22-23H2,1-9H3,(H,42,43)/t35-/m0/s1. The number of nitrogens with zero attached hydrogens (tertiary/aromatic N) is 3. The fraction of sp³-hybridized carbons (Fsp3) is 0.526. The van der Waals surface area contributed by atoms with Crippen LogP contribution in [-0.4, -0.2) is 46.2 Å². The van der Waals surface area contributed by atoms with Gasteiger partial charge in [0, 0.05) is 55.2 Å². The molecule has 3 aromatic rings. The lowest BCUT2D eigenvalue weighted by Crippen LogP contribution is -2.39. The second-order valence-electron chi connectivity index (χ2n) is 14.9. The van der Waals surface area contributed by atoms with Gasteiger partial charge in [0.2, 0.25) is 0 Å². The number of hydrogen-bond donors (Lipinski definition) is 1. The maximum atomic E-state index is 12.8. The van der Waals surface area contributed by atoms with Gasteiger partial charge in [0.15, 0.2) is 6.10 Å². The third-order valence-corrected chi connectivity index (χ3v) is 9.45. The first-order valence-electron chi connectivity index (χ1n) is 16.2. The van der Waals surface area contributed by atoms with Crippen LogP contribution in [0.3, 0.4) is 0 Å². The summed E-state index contributed by atoms with van der Waals surface area (Å²) in [7, 11) is 0. The predicted octanol–water partition coefficient (Wildman–Crippen LogP) is 8.11. The van der Waals surface area contributed by atoms with Crippen molar-refractivity contribution in [3.63, 3.8) is 0 Å². The van der Waals surface area contributed by atoms with E-state index in [0.29, 0.717) is 5.56 Å². The first kappa shape index (κ1) is 32.2. The summed E-state index contributed by atoms with van der Waals surface area (Å²) < 4.78 is 6.26. The largest absolute Gasteiger partial charge is 0.479 e. The second-order valence-corrected chi connectivity index (χ2v) is 14.9. The first-order chi connectivity index (χ1) is 20.6. The van der Waals surface area contributed by atoms with E-state index >= 15 is 0 Å². The lowest BCUT2D eigenvalue weighted by Gasteiger charge is -2.41. The van der Waals surface area contributed by atoms with Gasteiger partial charge in [-0.2, -0.15) is 0 Å². The molecule has 1 aromatic heterocycles. The molecule has 1 saturated heterocycles. The molecule has 5 rings (SSSR count). The monoisotopic (exact) mass is 597 g/mol. The van der Waals surface area contributed by atoms with E-state index in [4.69, 9.17) is 9.72 Å². The van der Waals surface area contributed by atoms with E-state index in [-0.39, 0.29) is 5.41 Å². The van der Waals surface area contributed by atoms with Crippen molar-refractivity contribution in [2.45, 2.75) is 106 Å². The van der Waals surface area contributed by atoms with Crippen LogP contribution in [0.1, 0.15) is 98.3 Å². The van der Waals surface area contributed by atoms with Gasteiger partial charge in [0.05, 0.1) is 11.3 Å². The minimum Gasteiger partial charge on any atom is -0.479 e. The fourth-order valence-corrected chi connectivity index (χ4v) is 6.92. The third-order valence-electron chi connectivity index (χ3n) is 9.45. The van der Waals surface area contributed by atoms with Gasteiger partial charge in [-0.3, -0.25) is 9.88 Å². The number of fused-ring (bicyclic) bond motifs is 1. The van der Waals surface area contributed by atoms with E-state index in [2.05, 4.69) is 80.8 Å². The molecule has 236 valence electrons. The van der Waals surface area contributed by atoms with Crippen LogP contribution in [0.2, 0.25) is 0 Å². The van der Waals surface area contributed by atoms with Crippen LogP contribution in [-0.2, 0) is 29.0 Å². The number of carbonyl (C=O) groups is 1. The Morgan fingerprint density at radius 1 is 0.977 bits per heavy atom. The Bertz CT molecular complexity index is 1540. The molecule has 1 atom stereocenters. The number of carboxylic acids is 1. The first-order valence-corrected chi connectivity index (χ1v) is 16.2. The summed E-state index contributed by atoms with van der Waals surface area (Å²) in [6.07, 6.45) is 1.97. The highest BCUT2D eigenvalue weighted by Gasteiger charge is 2.36. The summed E-state index contributed by atoms with van der Waals surface area (Å²) in [5, 5.41) is 10.5. The predicted molar refractivity (Wildman–Crippen MR) is 179 cm³/mol. The average Bonchev–Trinajstić information content (AvgIpc) is 2.92. The van der Waals surface area contributed by atoms with Crippen molar-refractivity contribution in [3.8, 4) is 11.1 Å². The molecule has 1 N–H and O–H groups in total. The minimum absolute atomic E-state index is 0.261. The topological polar surface area (TPSA) is 65.9 Å². The molecule has 0 radical (unpaired) electrons. The number of anilines is 1. The van der Waals surface area contributed by atoms with Crippen LogP contribution >= 0.6 is 0 Å². The molecule has 0 aliphatic carbocycles. The number of aromatic nitrogens is 1. The van der Waals surface area contributed by atoms with Crippen LogP contribution in [0, 0.1) is 33.1 Å². The Balaban J connectivity index is 1.56. The van der Waals surface area contributed by atoms with Crippen LogP contribution < -0.4 is 4.90 Å². The Kier molecular flexibility index (Phi) is 8.99. The summed E-state index contributed by atoms with van der Waals surface area (Å²) in [5.41, 5.74) is 11.9. The highest BCUT2D eigenvalue weighted by Crippen LogP contribution is 2.45. The van der Waals surface area contributed by atoms with Crippen molar-refractivity contribution in [3.05, 3.63) is 81.2 Å². The maximum Gasteiger partial charge on any atom is 0.337 e. The SMILES string of the molecule is Cc1ccc(CN2CCc3cc(-c4c(C)nc(C)c([C@H](OC(C)(C)C)C(=O)O)c4N4CCC(C)(C)CC4)ccc3C2)c(C)c1. The van der Waals surface area contributed by atoms with Crippen molar-refractivity contribution in [2.75, 3.05) is 24.5 Å². The molecular weight excluding hydrogens is 546 g/mol. The summed E-state index contributed by atoms with van der Waals surface area (Å²) in [6.45, 7) is 23.4. The summed E-state index contributed by atoms with van der Waals surface area (Å²) >= 11 is 0. The van der Waals surface area contributed by atoms with Crippen molar-refractivity contribution in [1.82, 2.24) is 9.88 Å². The molecular formula is C38H51N3O3. The average molecular weight is 598 g/mol. The zero-order valence-electron chi connectivity index (χ0n) is 28.3. The quantitative estimate of drug-likeness (QED) is 0.297. The smallest absolute Gasteiger partial charge is 0.337 e. The normalized spacial score (nSPS) is 17.8. The van der Waals surface area contributed by atoms with E-state index in [1.807, 2.05) is 27.7 Å². The number of carboxylic acid groups (broad SMARTS) is 1. The van der Waals surface area contributed by atoms with Gasteiger partial charge in [-0.05, 0) is 101 Å². The number of benzene rings is 2. The highest BCUT2D eigenvalue weighted by atomic mass is 16.5. The Labute approximate surface area is 264 Å². The zero-order chi connectivity index (χ0) is 32.0. The summed E-state index contributed by atoms with van der Waals surface area (Å²) in [5.74, 6) is -0.979. The number of hydrogen-bond acceptors (Lipinski definition) is 5. The second kappa shape index (κ2) is 12.3. The Morgan fingerprint density at radius 2 is 1.68 bits per heavy atom. The van der Waals surface area contributed by atoms with E-state index in [1.54, 1.807) is 0 Å². The van der Waals surface area contributed by atoms with Gasteiger partial charge < -0.3 is 14.7 Å². The molecule has 0 amide bonds. The van der Waals surface area contributed by atoms with Gasteiger partial charge in [0.25, 0.3) is 0 Å². The molecule has 44 heavy (non-hydrogen) atoms. The number of ether oxygens (including phenoxy) is 1. The van der Waals surface area contributed by atoms with E-state index in [9.17, 15) is 9.90 Å². The molecule has 2 aromatic carbocycles. The molecule has 6 heteroatoms. The van der Waals surface area contributed by atoms with Crippen molar-refractivity contribution in [2.24, 2.45) is 5.41 Å². The summed E-state index contributed by atoms with van der Waals surface area (Å²) in [4.78, 5) is 22.7. The van der Waals surface area contributed by atoms with Crippen molar-refractivity contribution in [1.29, 1.82) is 0 Å². The molecule has 2 aliphatic heterocycles. The molecule has 0 unspecified atom stereocenters. The fourth-order valence-electron chi connectivity index (χ4n) is 6.92. The van der Waals surface area contributed by atoms with Gasteiger partial charge in [-0.25, -0.2) is 4.79 Å². The number of rotatable bonds is 7.